The van der Waals surface area contributed by atoms with Crippen LogP contribution in [0.5, 0.6) is 17.2 Å². The fourth-order valence-electron chi connectivity index (χ4n) is 2.93. The lowest BCUT2D eigenvalue weighted by atomic mass is 10.1. The third kappa shape index (κ3) is 6.07. The SMILES string of the molecule is COc1cc(OC)c(OC)cc1CN=C(N)N1CCN(C(=O)OC(C)(C)C)CC1. The van der Waals surface area contributed by atoms with Gasteiger partial charge in [0, 0.05) is 37.8 Å². The first-order chi connectivity index (χ1) is 13.7. The van der Waals surface area contributed by atoms with Gasteiger partial charge in [0.1, 0.15) is 11.4 Å². The van der Waals surface area contributed by atoms with Gasteiger partial charge in [-0.15, -0.1) is 0 Å². The number of ether oxygens (including phenoxy) is 4. The fraction of sp³-hybridized carbons (Fsp3) is 0.600. The molecule has 29 heavy (non-hydrogen) atoms. The van der Waals surface area contributed by atoms with Crippen molar-refractivity contribution in [2.45, 2.75) is 32.9 Å². The summed E-state index contributed by atoms with van der Waals surface area (Å²) in [7, 11) is 4.74. The quantitative estimate of drug-likeness (QED) is 0.588. The number of hydrogen-bond donors (Lipinski definition) is 1. The summed E-state index contributed by atoms with van der Waals surface area (Å²) in [5, 5.41) is 0. The highest BCUT2D eigenvalue weighted by atomic mass is 16.6. The van der Waals surface area contributed by atoms with Gasteiger partial charge in [0.15, 0.2) is 17.5 Å². The first kappa shape index (κ1) is 22.4. The number of amides is 1. The van der Waals surface area contributed by atoms with Crippen molar-refractivity contribution in [3.8, 4) is 17.2 Å². The monoisotopic (exact) mass is 408 g/mol. The van der Waals surface area contributed by atoms with Crippen molar-refractivity contribution in [1.82, 2.24) is 9.80 Å². The molecule has 1 aromatic carbocycles. The summed E-state index contributed by atoms with van der Waals surface area (Å²) in [4.78, 5) is 20.3. The minimum atomic E-state index is -0.507. The Kier molecular flexibility index (Phi) is 7.41. The molecule has 0 atom stereocenters. The zero-order chi connectivity index (χ0) is 21.6. The van der Waals surface area contributed by atoms with Crippen LogP contribution in [-0.4, -0.2) is 75.0 Å². The van der Waals surface area contributed by atoms with Crippen LogP contribution in [-0.2, 0) is 11.3 Å². The number of nitrogens with two attached hydrogens (primary N) is 1. The molecule has 162 valence electrons. The molecule has 1 heterocycles. The Morgan fingerprint density at radius 3 is 2.00 bits per heavy atom. The molecule has 1 aromatic rings. The zero-order valence-corrected chi connectivity index (χ0v) is 18.2. The average Bonchev–Trinajstić information content (AvgIpc) is 2.70. The van der Waals surface area contributed by atoms with E-state index < -0.39 is 5.60 Å². The Balaban J connectivity index is 2.00. The van der Waals surface area contributed by atoms with Gasteiger partial charge < -0.3 is 34.5 Å². The van der Waals surface area contributed by atoms with E-state index in [1.807, 2.05) is 31.7 Å². The van der Waals surface area contributed by atoms with Crippen molar-refractivity contribution in [2.24, 2.45) is 10.7 Å². The van der Waals surface area contributed by atoms with Crippen LogP contribution in [0.3, 0.4) is 0 Å². The third-order valence-electron chi connectivity index (χ3n) is 4.45. The molecule has 0 radical (unpaired) electrons. The summed E-state index contributed by atoms with van der Waals surface area (Å²) < 4.78 is 21.5. The Morgan fingerprint density at radius 2 is 1.48 bits per heavy atom. The molecule has 1 fully saturated rings. The molecule has 0 saturated carbocycles. The van der Waals surface area contributed by atoms with E-state index in [1.165, 1.54) is 0 Å². The number of nitrogens with zero attached hydrogens (tertiary/aromatic N) is 3. The number of methoxy groups -OCH3 is 3. The van der Waals surface area contributed by atoms with Crippen molar-refractivity contribution >= 4 is 12.1 Å². The van der Waals surface area contributed by atoms with Gasteiger partial charge in [-0.3, -0.25) is 0 Å². The van der Waals surface area contributed by atoms with Gasteiger partial charge >= 0.3 is 6.09 Å². The van der Waals surface area contributed by atoms with Crippen LogP contribution >= 0.6 is 0 Å². The zero-order valence-electron chi connectivity index (χ0n) is 18.2. The van der Waals surface area contributed by atoms with Crippen LogP contribution in [0.2, 0.25) is 0 Å². The van der Waals surface area contributed by atoms with Crippen LogP contribution in [0.15, 0.2) is 17.1 Å². The van der Waals surface area contributed by atoms with Gasteiger partial charge in [-0.2, -0.15) is 0 Å². The molecule has 2 N–H and O–H groups in total. The molecule has 0 spiro atoms. The van der Waals surface area contributed by atoms with Gasteiger partial charge in [-0.1, -0.05) is 0 Å². The summed E-state index contributed by atoms with van der Waals surface area (Å²) in [6.07, 6.45) is -0.303. The van der Waals surface area contributed by atoms with E-state index in [1.54, 1.807) is 32.3 Å². The highest BCUT2D eigenvalue weighted by Crippen LogP contribution is 2.34. The predicted molar refractivity (Wildman–Crippen MR) is 111 cm³/mol. The molecule has 0 bridgehead atoms. The number of carbonyl (C=O) groups excluding carboxylic acids is 1. The van der Waals surface area contributed by atoms with E-state index in [4.69, 9.17) is 24.7 Å². The average molecular weight is 408 g/mol. The van der Waals surface area contributed by atoms with E-state index >= 15 is 0 Å². The first-order valence-corrected chi connectivity index (χ1v) is 9.50. The lowest BCUT2D eigenvalue weighted by molar-refractivity contribution is 0.0186. The molecule has 1 aliphatic heterocycles. The summed E-state index contributed by atoms with van der Waals surface area (Å²) >= 11 is 0. The summed E-state index contributed by atoms with van der Waals surface area (Å²) in [5.74, 6) is 2.26. The minimum Gasteiger partial charge on any atom is -0.496 e. The highest BCUT2D eigenvalue weighted by Gasteiger charge is 2.26. The first-order valence-electron chi connectivity index (χ1n) is 9.50. The Labute approximate surface area is 172 Å². The summed E-state index contributed by atoms with van der Waals surface area (Å²) in [5.41, 5.74) is 6.51. The van der Waals surface area contributed by atoms with E-state index in [9.17, 15) is 4.79 Å². The molecule has 0 aliphatic carbocycles. The summed E-state index contributed by atoms with van der Waals surface area (Å²) in [6.45, 7) is 8.16. The van der Waals surface area contributed by atoms with E-state index in [2.05, 4.69) is 4.99 Å². The molecule has 2 rings (SSSR count). The number of aliphatic imine (C=N–C) groups is 1. The Morgan fingerprint density at radius 1 is 0.966 bits per heavy atom. The van der Waals surface area contributed by atoms with Gasteiger partial charge in [0.2, 0.25) is 0 Å². The molecular weight excluding hydrogens is 376 g/mol. The fourth-order valence-corrected chi connectivity index (χ4v) is 2.93. The van der Waals surface area contributed by atoms with E-state index in [0.717, 1.165) is 5.56 Å². The number of carbonyl (C=O) groups is 1. The maximum Gasteiger partial charge on any atom is 0.410 e. The molecule has 1 amide bonds. The topological polar surface area (TPSA) is 98.8 Å². The number of piperazine rings is 1. The smallest absolute Gasteiger partial charge is 0.410 e. The predicted octanol–water partition coefficient (Wildman–Crippen LogP) is 2.08. The van der Waals surface area contributed by atoms with Crippen LogP contribution in [0, 0.1) is 0 Å². The van der Waals surface area contributed by atoms with Crippen molar-refractivity contribution in [2.75, 3.05) is 47.5 Å². The van der Waals surface area contributed by atoms with Gasteiger partial charge in [0.05, 0.1) is 27.9 Å². The molecule has 1 saturated heterocycles. The molecule has 9 nitrogen and oxygen atoms in total. The number of guanidine groups is 1. The largest absolute Gasteiger partial charge is 0.496 e. The van der Waals surface area contributed by atoms with E-state index in [0.29, 0.717) is 55.9 Å². The van der Waals surface area contributed by atoms with E-state index in [-0.39, 0.29) is 6.09 Å². The summed E-state index contributed by atoms with van der Waals surface area (Å²) in [6, 6.07) is 3.59. The minimum absolute atomic E-state index is 0.303. The lowest BCUT2D eigenvalue weighted by Gasteiger charge is -2.36. The molecule has 0 unspecified atom stereocenters. The Bertz CT molecular complexity index is 737. The molecule has 1 aliphatic rings. The lowest BCUT2D eigenvalue weighted by Crippen LogP contribution is -2.53. The second-order valence-electron chi connectivity index (χ2n) is 7.65. The normalized spacial score (nSPS) is 15.2. The van der Waals surface area contributed by atoms with Crippen LogP contribution in [0.1, 0.15) is 26.3 Å². The standard InChI is InChI=1S/C20H32N4O5/c1-20(2,3)29-19(25)24-9-7-23(8-10-24)18(21)22-13-14-11-16(27-5)17(28-6)12-15(14)26-4/h11-12H,7-10,13H2,1-6H3,(H2,21,22). The Hall–Kier alpha value is -2.84. The maximum absolute atomic E-state index is 12.2. The maximum atomic E-state index is 12.2. The van der Waals surface area contributed by atoms with Gasteiger partial charge in [-0.25, -0.2) is 9.79 Å². The van der Waals surface area contributed by atoms with Gasteiger partial charge in [-0.05, 0) is 26.8 Å². The van der Waals surface area contributed by atoms with Crippen molar-refractivity contribution in [3.63, 3.8) is 0 Å². The van der Waals surface area contributed by atoms with Crippen molar-refractivity contribution in [3.05, 3.63) is 17.7 Å². The second-order valence-corrected chi connectivity index (χ2v) is 7.65. The highest BCUT2D eigenvalue weighted by molar-refractivity contribution is 5.78. The number of benzene rings is 1. The van der Waals surface area contributed by atoms with Crippen molar-refractivity contribution in [1.29, 1.82) is 0 Å². The van der Waals surface area contributed by atoms with Crippen molar-refractivity contribution < 1.29 is 23.7 Å². The molecule has 9 heteroatoms. The van der Waals surface area contributed by atoms with Gasteiger partial charge in [0.25, 0.3) is 0 Å². The second kappa shape index (κ2) is 9.58. The number of rotatable bonds is 5. The van der Waals surface area contributed by atoms with Crippen LogP contribution in [0.25, 0.3) is 0 Å². The van der Waals surface area contributed by atoms with Crippen LogP contribution in [0.4, 0.5) is 4.79 Å². The number of hydrogen-bond acceptors (Lipinski definition) is 6. The third-order valence-corrected chi connectivity index (χ3v) is 4.45. The molecule has 0 aromatic heterocycles. The molecular formula is C20H32N4O5. The van der Waals surface area contributed by atoms with Crippen LogP contribution < -0.4 is 19.9 Å².